The molecule has 8 heteroatoms. The Bertz CT molecular complexity index is 1340. The van der Waals surface area contributed by atoms with Crippen molar-refractivity contribution in [2.24, 2.45) is 0 Å². The Morgan fingerprint density at radius 1 is 1.00 bits per heavy atom. The molecule has 1 unspecified atom stereocenters. The largest absolute Gasteiger partial charge is 0.459 e. The van der Waals surface area contributed by atoms with E-state index in [0.717, 1.165) is 28.8 Å². The molecule has 6 rings (SSSR count). The molecule has 1 saturated carbocycles. The van der Waals surface area contributed by atoms with E-state index < -0.39 is 11.9 Å². The lowest BCUT2D eigenvalue weighted by Crippen LogP contribution is -2.46. The summed E-state index contributed by atoms with van der Waals surface area (Å²) in [6.45, 7) is 0. The average molecular weight is 441 g/mol. The number of furan rings is 1. The Balaban J connectivity index is 1.27. The van der Waals surface area contributed by atoms with Gasteiger partial charge in [-0.2, -0.15) is 0 Å². The lowest BCUT2D eigenvalue weighted by atomic mass is 10.2. The number of para-hydroxylation sites is 2. The van der Waals surface area contributed by atoms with E-state index in [1.807, 2.05) is 24.3 Å². The van der Waals surface area contributed by atoms with E-state index in [2.05, 4.69) is 4.98 Å². The number of hydrogen-bond acceptors (Lipinski definition) is 6. The van der Waals surface area contributed by atoms with E-state index in [9.17, 15) is 14.4 Å². The third kappa shape index (κ3) is 3.31. The summed E-state index contributed by atoms with van der Waals surface area (Å²) in [6, 6.07) is 16.7. The molecule has 164 valence electrons. The summed E-state index contributed by atoms with van der Waals surface area (Å²) in [5.41, 5.74) is 2.63. The Morgan fingerprint density at radius 2 is 1.79 bits per heavy atom. The molecule has 33 heavy (non-hydrogen) atoms. The second-order valence-corrected chi connectivity index (χ2v) is 8.24. The van der Waals surface area contributed by atoms with Gasteiger partial charge in [-0.25, -0.2) is 9.88 Å². The lowest BCUT2D eigenvalue weighted by molar-refractivity contribution is -0.122. The Morgan fingerprint density at radius 3 is 2.48 bits per heavy atom. The number of aromatic nitrogens is 1. The van der Waals surface area contributed by atoms with Gasteiger partial charge in [0, 0.05) is 11.6 Å². The molecule has 0 bridgehead atoms. The highest BCUT2D eigenvalue weighted by atomic mass is 16.3. The third-order valence-corrected chi connectivity index (χ3v) is 6.03. The van der Waals surface area contributed by atoms with Crippen LogP contribution < -0.4 is 4.90 Å². The van der Waals surface area contributed by atoms with Crippen LogP contribution in [-0.4, -0.2) is 39.7 Å². The van der Waals surface area contributed by atoms with Crippen molar-refractivity contribution in [2.75, 3.05) is 4.90 Å². The number of benzene rings is 2. The number of carbonyl (C=O) groups is 3. The minimum absolute atomic E-state index is 0.0470. The highest BCUT2D eigenvalue weighted by molar-refractivity contribution is 6.23. The van der Waals surface area contributed by atoms with Crippen LogP contribution in [0.5, 0.6) is 0 Å². The van der Waals surface area contributed by atoms with E-state index in [1.54, 1.807) is 36.4 Å². The lowest BCUT2D eigenvalue weighted by Gasteiger charge is -2.26. The van der Waals surface area contributed by atoms with Crippen molar-refractivity contribution in [3.63, 3.8) is 0 Å². The van der Waals surface area contributed by atoms with Crippen LogP contribution in [0.2, 0.25) is 0 Å². The van der Waals surface area contributed by atoms with Gasteiger partial charge in [-0.15, -0.1) is 0 Å². The maximum atomic E-state index is 13.3. The maximum absolute atomic E-state index is 13.3. The van der Waals surface area contributed by atoms with Crippen molar-refractivity contribution in [2.45, 2.75) is 31.3 Å². The molecule has 1 aliphatic carbocycles. The van der Waals surface area contributed by atoms with Crippen molar-refractivity contribution in [3.05, 3.63) is 72.7 Å². The van der Waals surface area contributed by atoms with Gasteiger partial charge in [-0.1, -0.05) is 12.1 Å². The maximum Gasteiger partial charge on any atom is 0.290 e. The smallest absolute Gasteiger partial charge is 0.290 e. The van der Waals surface area contributed by atoms with E-state index >= 15 is 0 Å². The molecule has 4 aromatic rings. The van der Waals surface area contributed by atoms with Crippen LogP contribution in [-0.2, 0) is 9.59 Å². The molecule has 2 aromatic carbocycles. The quantitative estimate of drug-likeness (QED) is 0.434. The fraction of sp³-hybridized carbons (Fsp3) is 0.200. The molecule has 2 aromatic heterocycles. The minimum atomic E-state index is -0.834. The Labute approximate surface area is 188 Å². The van der Waals surface area contributed by atoms with Crippen LogP contribution in [0.1, 0.15) is 29.8 Å². The zero-order chi connectivity index (χ0) is 22.5. The van der Waals surface area contributed by atoms with Crippen molar-refractivity contribution in [1.29, 1.82) is 0 Å². The van der Waals surface area contributed by atoms with E-state index in [1.165, 1.54) is 11.2 Å². The third-order valence-electron chi connectivity index (χ3n) is 6.03. The molecule has 1 atom stereocenters. The predicted molar refractivity (Wildman–Crippen MR) is 118 cm³/mol. The Kier molecular flexibility index (Phi) is 4.39. The normalized spacial score (nSPS) is 18.3. The van der Waals surface area contributed by atoms with Gasteiger partial charge in [-0.3, -0.25) is 14.4 Å². The molecule has 1 saturated heterocycles. The SMILES string of the molecule is O=C1CC(N(C(=O)c2ccco2)C2CC2)C(=O)N1c1ccc(-c2nc3ccccc3o2)cc1. The number of fused-ring (bicyclic) bond motifs is 1. The van der Waals surface area contributed by atoms with Crippen LogP contribution in [0.4, 0.5) is 5.69 Å². The summed E-state index contributed by atoms with van der Waals surface area (Å²) < 4.78 is 11.0. The number of imide groups is 1. The summed E-state index contributed by atoms with van der Waals surface area (Å²) in [4.78, 5) is 46.3. The van der Waals surface area contributed by atoms with Gasteiger partial charge in [0.05, 0.1) is 18.4 Å². The fourth-order valence-corrected chi connectivity index (χ4v) is 4.30. The molecule has 0 spiro atoms. The van der Waals surface area contributed by atoms with Crippen molar-refractivity contribution in [3.8, 4) is 11.5 Å². The minimum Gasteiger partial charge on any atom is -0.459 e. The number of hydrogen-bond donors (Lipinski definition) is 0. The second kappa shape index (κ2) is 7.44. The van der Waals surface area contributed by atoms with Crippen LogP contribution in [0, 0.1) is 0 Å². The van der Waals surface area contributed by atoms with Gasteiger partial charge in [0.15, 0.2) is 11.3 Å². The Hall–Kier alpha value is -4.20. The molecule has 2 fully saturated rings. The summed E-state index contributed by atoms with van der Waals surface area (Å²) in [7, 11) is 0. The average Bonchev–Trinajstić information content (AvgIpc) is 3.23. The molecule has 3 amide bonds. The highest BCUT2D eigenvalue weighted by Crippen LogP contribution is 2.36. The summed E-state index contributed by atoms with van der Waals surface area (Å²) in [5, 5.41) is 0. The molecule has 0 N–H and O–H groups in total. The summed E-state index contributed by atoms with van der Waals surface area (Å²) in [6.07, 6.45) is 2.99. The van der Waals surface area contributed by atoms with Gasteiger partial charge in [0.2, 0.25) is 11.8 Å². The molecular weight excluding hydrogens is 422 g/mol. The van der Waals surface area contributed by atoms with Gasteiger partial charge in [0.1, 0.15) is 11.6 Å². The first-order valence-corrected chi connectivity index (χ1v) is 10.8. The van der Waals surface area contributed by atoms with Crippen LogP contribution >= 0.6 is 0 Å². The monoisotopic (exact) mass is 441 g/mol. The molecule has 0 radical (unpaired) electrons. The molecule has 2 aliphatic rings. The number of amides is 3. The fourth-order valence-electron chi connectivity index (χ4n) is 4.30. The van der Waals surface area contributed by atoms with E-state index in [-0.39, 0.29) is 30.0 Å². The zero-order valence-corrected chi connectivity index (χ0v) is 17.5. The van der Waals surface area contributed by atoms with Crippen molar-refractivity contribution < 1.29 is 23.2 Å². The number of carbonyl (C=O) groups excluding carboxylic acids is 3. The van der Waals surface area contributed by atoms with Gasteiger partial charge < -0.3 is 13.7 Å². The molecule has 8 nitrogen and oxygen atoms in total. The second-order valence-electron chi connectivity index (χ2n) is 8.24. The van der Waals surface area contributed by atoms with Gasteiger partial charge in [-0.05, 0) is 61.4 Å². The van der Waals surface area contributed by atoms with E-state index in [4.69, 9.17) is 8.83 Å². The van der Waals surface area contributed by atoms with Gasteiger partial charge in [0.25, 0.3) is 11.8 Å². The van der Waals surface area contributed by atoms with E-state index in [0.29, 0.717) is 17.2 Å². The van der Waals surface area contributed by atoms with Crippen LogP contribution in [0.25, 0.3) is 22.6 Å². The first-order chi connectivity index (χ1) is 16.1. The van der Waals surface area contributed by atoms with Crippen LogP contribution in [0.3, 0.4) is 0 Å². The first kappa shape index (κ1) is 19.5. The topological polar surface area (TPSA) is 96.9 Å². The number of oxazole rings is 1. The standard InChI is InChI=1S/C25H19N3O5/c29-22-14-19(27(16-11-12-16)25(31)21-6-3-13-32-21)24(30)28(22)17-9-7-15(8-10-17)23-26-18-4-1-2-5-20(18)33-23/h1-10,13,16,19H,11-12,14H2. The molecular formula is C25H19N3O5. The number of rotatable bonds is 5. The van der Waals surface area contributed by atoms with Crippen molar-refractivity contribution in [1.82, 2.24) is 9.88 Å². The number of nitrogens with zero attached hydrogens (tertiary/aromatic N) is 3. The predicted octanol–water partition coefficient (Wildman–Crippen LogP) is 4.02. The molecule has 1 aliphatic heterocycles. The highest BCUT2D eigenvalue weighted by Gasteiger charge is 2.49. The van der Waals surface area contributed by atoms with Crippen LogP contribution in [0.15, 0.2) is 75.8 Å². The summed E-state index contributed by atoms with van der Waals surface area (Å²) >= 11 is 0. The van der Waals surface area contributed by atoms with Gasteiger partial charge >= 0.3 is 0 Å². The number of anilines is 1. The zero-order valence-electron chi connectivity index (χ0n) is 17.5. The summed E-state index contributed by atoms with van der Waals surface area (Å²) in [5.74, 6) is -0.465. The first-order valence-electron chi connectivity index (χ1n) is 10.8. The van der Waals surface area contributed by atoms with Crippen molar-refractivity contribution >= 4 is 34.5 Å². The molecule has 3 heterocycles.